The van der Waals surface area contributed by atoms with E-state index in [1.807, 2.05) is 0 Å². The molecule has 6 heteroatoms. The number of likely N-dealkylation sites (tertiary alicyclic amines) is 2. The van der Waals surface area contributed by atoms with E-state index >= 15 is 0 Å². The minimum atomic E-state index is -0.369. The Balaban J connectivity index is 1.70. The van der Waals surface area contributed by atoms with Gasteiger partial charge >= 0.3 is 0 Å². The van der Waals surface area contributed by atoms with E-state index in [0.717, 1.165) is 30.8 Å². The minimum Gasteiger partial charge on any atom is -0.341 e. The first kappa shape index (κ1) is 13.6. The second-order valence-electron chi connectivity index (χ2n) is 5.65. The number of halogens is 1. The molecule has 2 saturated heterocycles. The summed E-state index contributed by atoms with van der Waals surface area (Å²) >= 11 is 5.96. The highest BCUT2D eigenvalue weighted by molar-refractivity contribution is 6.30. The Labute approximate surface area is 122 Å². The smallest absolute Gasteiger partial charge is 0.242 e. The van der Waals surface area contributed by atoms with Crippen molar-refractivity contribution in [3.05, 3.63) is 11.1 Å². The molecule has 1 aliphatic carbocycles. The molecule has 2 aliphatic heterocycles. The Kier molecular flexibility index (Phi) is 3.54. The van der Waals surface area contributed by atoms with Gasteiger partial charge in [0.15, 0.2) is 0 Å². The van der Waals surface area contributed by atoms with Gasteiger partial charge in [0.2, 0.25) is 17.7 Å². The second kappa shape index (κ2) is 5.20. The van der Waals surface area contributed by atoms with Crippen molar-refractivity contribution in [3.8, 4) is 0 Å². The van der Waals surface area contributed by atoms with E-state index in [9.17, 15) is 14.4 Å². The zero-order valence-electron chi connectivity index (χ0n) is 11.2. The zero-order chi connectivity index (χ0) is 14.3. The summed E-state index contributed by atoms with van der Waals surface area (Å²) in [5.74, 6) is -1.27. The Morgan fingerprint density at radius 3 is 2.55 bits per heavy atom. The van der Waals surface area contributed by atoms with Crippen LogP contribution in [0.2, 0.25) is 0 Å². The summed E-state index contributed by atoms with van der Waals surface area (Å²) < 4.78 is 0. The van der Waals surface area contributed by atoms with Gasteiger partial charge in [0, 0.05) is 18.1 Å². The SMILES string of the molecule is O=C(CN1C(=O)[C@H]2CC=C(Cl)C[C@@H]2C1=O)N1CCCC1. The standard InChI is InChI=1S/C14H17ClN2O3/c15-9-3-4-10-11(7-9)14(20)17(13(10)19)8-12(18)16-5-1-2-6-16/h3,10-11H,1-2,4-8H2/t10-,11-/m0/s1. The topological polar surface area (TPSA) is 57.7 Å². The largest absolute Gasteiger partial charge is 0.341 e. The third-order valence-corrected chi connectivity index (χ3v) is 4.72. The van der Waals surface area contributed by atoms with Crippen molar-refractivity contribution in [2.45, 2.75) is 25.7 Å². The van der Waals surface area contributed by atoms with Gasteiger partial charge in [0.1, 0.15) is 6.54 Å². The van der Waals surface area contributed by atoms with Gasteiger partial charge in [0.05, 0.1) is 11.8 Å². The molecular formula is C14H17ClN2O3. The Morgan fingerprint density at radius 2 is 1.85 bits per heavy atom. The maximum absolute atomic E-state index is 12.3. The molecule has 0 saturated carbocycles. The van der Waals surface area contributed by atoms with Crippen LogP contribution in [0.1, 0.15) is 25.7 Å². The first-order valence-corrected chi connectivity index (χ1v) is 7.43. The van der Waals surface area contributed by atoms with Crippen LogP contribution >= 0.6 is 11.6 Å². The number of allylic oxidation sites excluding steroid dienone is 2. The molecule has 3 aliphatic rings. The monoisotopic (exact) mass is 296 g/mol. The molecule has 0 aromatic heterocycles. The quantitative estimate of drug-likeness (QED) is 0.718. The Morgan fingerprint density at radius 1 is 1.20 bits per heavy atom. The van der Waals surface area contributed by atoms with Crippen LogP contribution in [0.5, 0.6) is 0 Å². The lowest BCUT2D eigenvalue weighted by molar-refractivity contribution is -0.146. The van der Waals surface area contributed by atoms with E-state index in [2.05, 4.69) is 0 Å². The van der Waals surface area contributed by atoms with Crippen LogP contribution in [0.25, 0.3) is 0 Å². The highest BCUT2D eigenvalue weighted by atomic mass is 35.5. The van der Waals surface area contributed by atoms with Crippen LogP contribution in [0.3, 0.4) is 0 Å². The molecule has 0 unspecified atom stereocenters. The maximum atomic E-state index is 12.3. The van der Waals surface area contributed by atoms with Gasteiger partial charge in [-0.1, -0.05) is 17.7 Å². The van der Waals surface area contributed by atoms with E-state index in [1.165, 1.54) is 0 Å². The summed E-state index contributed by atoms with van der Waals surface area (Å²) in [7, 11) is 0. The van der Waals surface area contributed by atoms with Crippen LogP contribution in [0.15, 0.2) is 11.1 Å². The van der Waals surface area contributed by atoms with Crippen LogP contribution < -0.4 is 0 Å². The number of hydrogen-bond acceptors (Lipinski definition) is 3. The van der Waals surface area contributed by atoms with E-state index in [0.29, 0.717) is 17.9 Å². The third kappa shape index (κ3) is 2.24. The van der Waals surface area contributed by atoms with Gasteiger partial charge in [0.25, 0.3) is 0 Å². The van der Waals surface area contributed by atoms with Crippen molar-refractivity contribution in [2.24, 2.45) is 11.8 Å². The molecule has 0 bridgehead atoms. The van der Waals surface area contributed by atoms with E-state index in [-0.39, 0.29) is 36.1 Å². The van der Waals surface area contributed by atoms with E-state index in [4.69, 9.17) is 11.6 Å². The van der Waals surface area contributed by atoms with Gasteiger partial charge < -0.3 is 4.90 Å². The number of imide groups is 1. The van der Waals surface area contributed by atoms with Crippen LogP contribution in [-0.2, 0) is 14.4 Å². The van der Waals surface area contributed by atoms with Crippen molar-refractivity contribution >= 4 is 29.3 Å². The van der Waals surface area contributed by atoms with Crippen molar-refractivity contribution in [3.63, 3.8) is 0 Å². The normalized spacial score (nSPS) is 29.8. The number of amides is 3. The highest BCUT2D eigenvalue weighted by Crippen LogP contribution is 2.38. The number of carbonyl (C=O) groups is 3. The predicted octanol–water partition coefficient (Wildman–Crippen LogP) is 1.13. The lowest BCUT2D eigenvalue weighted by Gasteiger charge is -2.20. The molecule has 2 atom stereocenters. The summed E-state index contributed by atoms with van der Waals surface area (Å²) in [6, 6.07) is 0. The maximum Gasteiger partial charge on any atom is 0.242 e. The summed E-state index contributed by atoms with van der Waals surface area (Å²) in [6.07, 6.45) is 4.73. The van der Waals surface area contributed by atoms with Gasteiger partial charge in [-0.25, -0.2) is 0 Å². The molecule has 2 fully saturated rings. The van der Waals surface area contributed by atoms with Gasteiger partial charge in [-0.15, -0.1) is 0 Å². The van der Waals surface area contributed by atoms with E-state index < -0.39 is 0 Å². The summed E-state index contributed by atoms with van der Waals surface area (Å²) in [4.78, 5) is 39.5. The minimum absolute atomic E-state index is 0.109. The van der Waals surface area contributed by atoms with E-state index in [1.54, 1.807) is 11.0 Å². The zero-order valence-corrected chi connectivity index (χ0v) is 11.9. The molecule has 0 radical (unpaired) electrons. The number of carbonyl (C=O) groups excluding carboxylic acids is 3. The number of nitrogens with zero attached hydrogens (tertiary/aromatic N) is 2. The highest BCUT2D eigenvalue weighted by Gasteiger charge is 2.49. The van der Waals surface area contributed by atoms with Gasteiger partial charge in [-0.2, -0.15) is 0 Å². The molecule has 3 rings (SSSR count). The lowest BCUT2D eigenvalue weighted by Crippen LogP contribution is -2.42. The summed E-state index contributed by atoms with van der Waals surface area (Å²) in [5.41, 5.74) is 0. The average molecular weight is 297 g/mol. The molecule has 0 aromatic rings. The Hall–Kier alpha value is -1.36. The fourth-order valence-electron chi connectivity index (χ4n) is 3.25. The van der Waals surface area contributed by atoms with Gasteiger partial charge in [-0.05, 0) is 25.7 Å². The van der Waals surface area contributed by atoms with Crippen LogP contribution in [0.4, 0.5) is 0 Å². The first-order valence-electron chi connectivity index (χ1n) is 7.05. The number of rotatable bonds is 2. The third-order valence-electron chi connectivity index (χ3n) is 4.41. The molecule has 0 aromatic carbocycles. The second-order valence-corrected chi connectivity index (χ2v) is 6.14. The van der Waals surface area contributed by atoms with Crippen molar-refractivity contribution < 1.29 is 14.4 Å². The van der Waals surface area contributed by atoms with Crippen LogP contribution in [0, 0.1) is 11.8 Å². The van der Waals surface area contributed by atoms with Gasteiger partial charge in [-0.3, -0.25) is 19.3 Å². The molecule has 108 valence electrons. The molecular weight excluding hydrogens is 280 g/mol. The molecule has 20 heavy (non-hydrogen) atoms. The average Bonchev–Trinajstić information content (AvgIpc) is 3.03. The van der Waals surface area contributed by atoms with Crippen molar-refractivity contribution in [2.75, 3.05) is 19.6 Å². The first-order chi connectivity index (χ1) is 9.58. The van der Waals surface area contributed by atoms with Crippen LogP contribution in [-0.4, -0.2) is 47.2 Å². The fraction of sp³-hybridized carbons (Fsp3) is 0.643. The number of fused-ring (bicyclic) bond motifs is 1. The lowest BCUT2D eigenvalue weighted by atomic mass is 9.85. The molecule has 0 spiro atoms. The molecule has 5 nitrogen and oxygen atoms in total. The fourth-order valence-corrected chi connectivity index (χ4v) is 3.51. The van der Waals surface area contributed by atoms with Crippen molar-refractivity contribution in [1.29, 1.82) is 0 Å². The van der Waals surface area contributed by atoms with Crippen molar-refractivity contribution in [1.82, 2.24) is 9.80 Å². The predicted molar refractivity (Wildman–Crippen MR) is 72.7 cm³/mol. The number of hydrogen-bond donors (Lipinski definition) is 0. The Bertz CT molecular complexity index is 497. The summed E-state index contributed by atoms with van der Waals surface area (Å²) in [6.45, 7) is 1.35. The molecule has 2 heterocycles. The summed E-state index contributed by atoms with van der Waals surface area (Å²) in [5, 5.41) is 0.639. The molecule has 3 amide bonds. The molecule has 0 N–H and O–H groups in total.